The Bertz CT molecular complexity index is 807. The molecule has 0 fully saturated rings. The van der Waals surface area contributed by atoms with Crippen molar-refractivity contribution >= 4 is 17.7 Å². The maximum atomic E-state index is 12.1. The first-order valence-corrected chi connectivity index (χ1v) is 7.63. The third-order valence-electron chi connectivity index (χ3n) is 3.51. The Hall–Kier alpha value is -3.29. The highest BCUT2D eigenvalue weighted by Crippen LogP contribution is 2.20. The number of alkyl halides is 2. The Labute approximate surface area is 148 Å². The summed E-state index contributed by atoms with van der Waals surface area (Å²) in [5.74, 6) is -0.415. The second-order valence-electron chi connectivity index (χ2n) is 5.33. The van der Waals surface area contributed by atoms with E-state index < -0.39 is 23.5 Å². The van der Waals surface area contributed by atoms with Gasteiger partial charge in [-0.2, -0.15) is 8.78 Å². The zero-order valence-corrected chi connectivity index (χ0v) is 13.8. The second kappa shape index (κ2) is 8.70. The van der Waals surface area contributed by atoms with Gasteiger partial charge in [0.15, 0.2) is 0 Å². The van der Waals surface area contributed by atoms with Crippen molar-refractivity contribution < 1.29 is 23.2 Å². The van der Waals surface area contributed by atoms with E-state index in [9.17, 15) is 23.7 Å². The summed E-state index contributed by atoms with van der Waals surface area (Å²) in [7, 11) is 0. The van der Waals surface area contributed by atoms with E-state index in [0.29, 0.717) is 11.1 Å². The van der Waals surface area contributed by atoms with Gasteiger partial charge in [0.05, 0.1) is 16.5 Å². The molecule has 0 saturated heterocycles. The lowest BCUT2D eigenvalue weighted by Crippen LogP contribution is -2.24. The average molecular weight is 362 g/mol. The van der Waals surface area contributed by atoms with Crippen LogP contribution in [0.5, 0.6) is 5.75 Å². The third kappa shape index (κ3) is 5.37. The lowest BCUT2D eigenvalue weighted by atomic mass is 10.1. The Morgan fingerprint density at radius 2 is 1.85 bits per heavy atom. The normalized spacial score (nSPS) is 12.2. The minimum absolute atomic E-state index is 0.0264. The van der Waals surface area contributed by atoms with E-state index in [1.165, 1.54) is 36.4 Å². The Morgan fingerprint density at radius 3 is 2.46 bits per heavy atom. The van der Waals surface area contributed by atoms with Crippen LogP contribution in [0.25, 0.3) is 6.08 Å². The van der Waals surface area contributed by atoms with Gasteiger partial charge in [-0.1, -0.05) is 24.3 Å². The van der Waals surface area contributed by atoms with E-state index in [1.807, 2.05) is 0 Å². The molecule has 1 amide bonds. The van der Waals surface area contributed by atoms with Crippen molar-refractivity contribution in [3.8, 4) is 5.75 Å². The van der Waals surface area contributed by atoms with Gasteiger partial charge in [0.1, 0.15) is 5.75 Å². The fourth-order valence-electron chi connectivity index (χ4n) is 2.24. The molecule has 1 N–H and O–H groups in total. The predicted molar refractivity (Wildman–Crippen MR) is 91.8 cm³/mol. The molecule has 0 radical (unpaired) electrons. The third-order valence-corrected chi connectivity index (χ3v) is 3.51. The molecule has 1 atom stereocenters. The molecule has 0 aromatic heterocycles. The maximum absolute atomic E-state index is 12.1. The molecule has 26 heavy (non-hydrogen) atoms. The standard InChI is InChI=1S/C18H16F2N2O4/c1-12(13-6-9-15(10-7-13)26-18(19)20)21-17(23)11-8-14-4-2-3-5-16(14)22(24)25/h2-12,18H,1H3,(H,21,23)/b11-8+. The van der Waals surface area contributed by atoms with Crippen LogP contribution in [0.15, 0.2) is 54.6 Å². The van der Waals surface area contributed by atoms with E-state index in [2.05, 4.69) is 10.1 Å². The highest BCUT2D eigenvalue weighted by molar-refractivity contribution is 5.92. The smallest absolute Gasteiger partial charge is 0.387 e. The van der Waals surface area contributed by atoms with Crippen molar-refractivity contribution in [3.63, 3.8) is 0 Å². The number of nitro groups is 1. The summed E-state index contributed by atoms with van der Waals surface area (Å²) in [5.41, 5.74) is 0.909. The summed E-state index contributed by atoms with van der Waals surface area (Å²) < 4.78 is 28.5. The summed E-state index contributed by atoms with van der Waals surface area (Å²) >= 11 is 0. The first-order chi connectivity index (χ1) is 12.4. The highest BCUT2D eigenvalue weighted by Gasteiger charge is 2.11. The lowest BCUT2D eigenvalue weighted by molar-refractivity contribution is -0.385. The van der Waals surface area contributed by atoms with E-state index in [1.54, 1.807) is 31.2 Å². The topological polar surface area (TPSA) is 81.5 Å². The molecule has 2 aromatic carbocycles. The van der Waals surface area contributed by atoms with E-state index >= 15 is 0 Å². The highest BCUT2D eigenvalue weighted by atomic mass is 19.3. The fraction of sp³-hybridized carbons (Fsp3) is 0.167. The average Bonchev–Trinajstić information content (AvgIpc) is 2.60. The molecule has 136 valence electrons. The summed E-state index contributed by atoms with van der Waals surface area (Å²) in [6.45, 7) is -1.18. The monoisotopic (exact) mass is 362 g/mol. The zero-order valence-electron chi connectivity index (χ0n) is 13.8. The van der Waals surface area contributed by atoms with Gasteiger partial charge in [0.2, 0.25) is 5.91 Å². The molecular weight excluding hydrogens is 346 g/mol. The number of amides is 1. The molecule has 0 bridgehead atoms. The number of rotatable bonds is 7. The molecule has 0 aliphatic carbocycles. The zero-order chi connectivity index (χ0) is 19.1. The van der Waals surface area contributed by atoms with Gasteiger partial charge in [-0.05, 0) is 36.8 Å². The van der Waals surface area contributed by atoms with Crippen LogP contribution in [-0.2, 0) is 4.79 Å². The van der Waals surface area contributed by atoms with Crippen LogP contribution in [0, 0.1) is 10.1 Å². The molecule has 6 nitrogen and oxygen atoms in total. The van der Waals surface area contributed by atoms with Crippen LogP contribution >= 0.6 is 0 Å². The van der Waals surface area contributed by atoms with Crippen LogP contribution in [0.4, 0.5) is 14.5 Å². The largest absolute Gasteiger partial charge is 0.435 e. The molecule has 8 heteroatoms. The van der Waals surface area contributed by atoms with Gasteiger partial charge in [-0.25, -0.2) is 0 Å². The molecule has 2 aromatic rings. The Balaban J connectivity index is 2.00. The Morgan fingerprint density at radius 1 is 1.19 bits per heavy atom. The van der Waals surface area contributed by atoms with Crippen molar-refractivity contribution in [1.29, 1.82) is 0 Å². The van der Waals surface area contributed by atoms with Crippen LogP contribution in [0.2, 0.25) is 0 Å². The van der Waals surface area contributed by atoms with E-state index in [0.717, 1.165) is 0 Å². The first kappa shape index (κ1) is 19.0. The number of hydrogen-bond acceptors (Lipinski definition) is 4. The molecule has 0 aliphatic heterocycles. The number of nitrogens with one attached hydrogen (secondary N) is 1. The quantitative estimate of drug-likeness (QED) is 0.457. The molecule has 0 heterocycles. The van der Waals surface area contributed by atoms with Gasteiger partial charge < -0.3 is 10.1 Å². The van der Waals surface area contributed by atoms with Gasteiger partial charge in [0.25, 0.3) is 5.69 Å². The maximum Gasteiger partial charge on any atom is 0.387 e. The number of hydrogen-bond donors (Lipinski definition) is 1. The van der Waals surface area contributed by atoms with Gasteiger partial charge in [0, 0.05) is 12.1 Å². The number of nitro benzene ring substituents is 1. The minimum atomic E-state index is -2.90. The number of benzene rings is 2. The summed E-state index contributed by atoms with van der Waals surface area (Å²) in [5, 5.41) is 13.6. The molecule has 2 rings (SSSR count). The van der Waals surface area contributed by atoms with Crippen molar-refractivity contribution in [2.24, 2.45) is 0 Å². The second-order valence-corrected chi connectivity index (χ2v) is 5.33. The molecule has 0 aliphatic rings. The number of carbonyl (C=O) groups excluding carboxylic acids is 1. The van der Waals surface area contributed by atoms with Crippen LogP contribution < -0.4 is 10.1 Å². The van der Waals surface area contributed by atoms with Crippen molar-refractivity contribution in [1.82, 2.24) is 5.32 Å². The van der Waals surface area contributed by atoms with Crippen molar-refractivity contribution in [2.75, 3.05) is 0 Å². The fourth-order valence-corrected chi connectivity index (χ4v) is 2.24. The summed E-state index contributed by atoms with van der Waals surface area (Å²) in [6.07, 6.45) is 2.56. The van der Waals surface area contributed by atoms with E-state index in [-0.39, 0.29) is 11.4 Å². The number of ether oxygens (including phenoxy) is 1. The number of carbonyl (C=O) groups is 1. The van der Waals surface area contributed by atoms with E-state index in [4.69, 9.17) is 0 Å². The molecule has 1 unspecified atom stereocenters. The summed E-state index contributed by atoms with van der Waals surface area (Å²) in [4.78, 5) is 22.4. The van der Waals surface area contributed by atoms with Gasteiger partial charge in [-0.3, -0.25) is 14.9 Å². The van der Waals surface area contributed by atoms with Crippen molar-refractivity contribution in [2.45, 2.75) is 19.6 Å². The van der Waals surface area contributed by atoms with Crippen LogP contribution in [-0.4, -0.2) is 17.4 Å². The predicted octanol–water partition coefficient (Wildman–Crippen LogP) is 4.09. The number of nitrogens with zero attached hydrogens (tertiary/aromatic N) is 1. The Kier molecular flexibility index (Phi) is 6.37. The number of para-hydroxylation sites is 1. The summed E-state index contributed by atoms with van der Waals surface area (Å²) in [6, 6.07) is 11.6. The molecular formula is C18H16F2N2O4. The van der Waals surface area contributed by atoms with Crippen LogP contribution in [0.1, 0.15) is 24.1 Å². The molecule has 0 saturated carbocycles. The van der Waals surface area contributed by atoms with Gasteiger partial charge in [-0.15, -0.1) is 0 Å². The number of halogens is 2. The van der Waals surface area contributed by atoms with Crippen LogP contribution in [0.3, 0.4) is 0 Å². The lowest BCUT2D eigenvalue weighted by Gasteiger charge is -2.13. The van der Waals surface area contributed by atoms with Gasteiger partial charge >= 0.3 is 6.61 Å². The molecule has 0 spiro atoms. The SMILES string of the molecule is CC(NC(=O)/C=C/c1ccccc1[N+](=O)[O-])c1ccc(OC(F)F)cc1. The van der Waals surface area contributed by atoms with Crippen molar-refractivity contribution in [3.05, 3.63) is 75.8 Å². The minimum Gasteiger partial charge on any atom is -0.435 e. The first-order valence-electron chi connectivity index (χ1n) is 7.63.